The third-order valence-corrected chi connectivity index (χ3v) is 4.27. The molecule has 1 fully saturated rings. The SMILES string of the molecule is c1ccc(C(NCc2ccon2)C2CCCCC2)cc1. The molecule has 3 rings (SSSR count). The summed E-state index contributed by atoms with van der Waals surface area (Å²) in [7, 11) is 0. The van der Waals surface area contributed by atoms with Crippen LogP contribution >= 0.6 is 0 Å². The minimum Gasteiger partial charge on any atom is -0.364 e. The number of rotatable bonds is 5. The lowest BCUT2D eigenvalue weighted by atomic mass is 9.81. The second-order valence-corrected chi connectivity index (χ2v) is 5.66. The molecule has 1 aromatic heterocycles. The highest BCUT2D eigenvalue weighted by molar-refractivity contribution is 5.20. The van der Waals surface area contributed by atoms with Crippen molar-refractivity contribution in [3.63, 3.8) is 0 Å². The molecule has 1 unspecified atom stereocenters. The van der Waals surface area contributed by atoms with Crippen molar-refractivity contribution in [3.05, 3.63) is 53.9 Å². The van der Waals surface area contributed by atoms with Crippen LogP contribution in [0.5, 0.6) is 0 Å². The zero-order valence-electron chi connectivity index (χ0n) is 11.8. The Morgan fingerprint density at radius 3 is 2.60 bits per heavy atom. The Labute approximate surface area is 120 Å². The fourth-order valence-corrected chi connectivity index (χ4v) is 3.23. The van der Waals surface area contributed by atoms with E-state index in [1.807, 2.05) is 6.07 Å². The summed E-state index contributed by atoms with van der Waals surface area (Å²) in [5.41, 5.74) is 2.37. The highest BCUT2D eigenvalue weighted by Gasteiger charge is 2.24. The van der Waals surface area contributed by atoms with Gasteiger partial charge in [-0.15, -0.1) is 0 Å². The van der Waals surface area contributed by atoms with E-state index in [0.29, 0.717) is 6.04 Å². The molecule has 0 amide bonds. The summed E-state index contributed by atoms with van der Waals surface area (Å²) >= 11 is 0. The number of hydrogen-bond donors (Lipinski definition) is 1. The summed E-state index contributed by atoms with van der Waals surface area (Å²) in [6.45, 7) is 0.770. The van der Waals surface area contributed by atoms with Crippen molar-refractivity contribution in [2.75, 3.05) is 0 Å². The van der Waals surface area contributed by atoms with Gasteiger partial charge in [-0.2, -0.15) is 0 Å². The fraction of sp³-hybridized carbons (Fsp3) is 0.471. The van der Waals surface area contributed by atoms with Crippen LogP contribution in [0, 0.1) is 5.92 Å². The van der Waals surface area contributed by atoms with Gasteiger partial charge in [0.25, 0.3) is 0 Å². The van der Waals surface area contributed by atoms with Crippen LogP contribution in [-0.4, -0.2) is 5.16 Å². The summed E-state index contributed by atoms with van der Waals surface area (Å²) in [5.74, 6) is 0.734. The number of hydrogen-bond acceptors (Lipinski definition) is 3. The van der Waals surface area contributed by atoms with Gasteiger partial charge in [-0.25, -0.2) is 0 Å². The Balaban J connectivity index is 1.72. The first-order valence-electron chi connectivity index (χ1n) is 7.61. The van der Waals surface area contributed by atoms with Gasteiger partial charge in [0.2, 0.25) is 0 Å². The van der Waals surface area contributed by atoms with Crippen molar-refractivity contribution in [1.29, 1.82) is 0 Å². The van der Waals surface area contributed by atoms with E-state index >= 15 is 0 Å². The maximum absolute atomic E-state index is 4.91. The molecule has 0 spiro atoms. The summed E-state index contributed by atoms with van der Waals surface area (Å²) in [6, 6.07) is 13.2. The zero-order chi connectivity index (χ0) is 13.6. The van der Waals surface area contributed by atoms with Crippen LogP contribution in [0.4, 0.5) is 0 Å². The smallest absolute Gasteiger partial charge is 0.124 e. The molecule has 1 N–H and O–H groups in total. The molecule has 2 aromatic rings. The second-order valence-electron chi connectivity index (χ2n) is 5.66. The molecule has 0 radical (unpaired) electrons. The van der Waals surface area contributed by atoms with E-state index in [-0.39, 0.29) is 0 Å². The highest BCUT2D eigenvalue weighted by Crippen LogP contribution is 2.34. The Kier molecular flexibility index (Phi) is 4.49. The minimum atomic E-state index is 0.424. The first kappa shape index (κ1) is 13.4. The predicted molar refractivity (Wildman–Crippen MR) is 79.1 cm³/mol. The number of benzene rings is 1. The third kappa shape index (κ3) is 3.28. The lowest BCUT2D eigenvalue weighted by Crippen LogP contribution is -2.29. The van der Waals surface area contributed by atoms with Crippen molar-refractivity contribution in [1.82, 2.24) is 10.5 Å². The van der Waals surface area contributed by atoms with Crippen LogP contribution in [0.2, 0.25) is 0 Å². The average molecular weight is 270 g/mol. The summed E-state index contributed by atoms with van der Waals surface area (Å²) in [4.78, 5) is 0. The molecule has 20 heavy (non-hydrogen) atoms. The van der Waals surface area contributed by atoms with Crippen LogP contribution in [0.25, 0.3) is 0 Å². The van der Waals surface area contributed by atoms with Crippen LogP contribution in [0.1, 0.15) is 49.4 Å². The van der Waals surface area contributed by atoms with E-state index < -0.39 is 0 Å². The van der Waals surface area contributed by atoms with E-state index in [9.17, 15) is 0 Å². The van der Waals surface area contributed by atoms with E-state index in [0.717, 1.165) is 18.2 Å². The molecule has 1 heterocycles. The van der Waals surface area contributed by atoms with Crippen LogP contribution in [0.3, 0.4) is 0 Å². The van der Waals surface area contributed by atoms with E-state index in [1.165, 1.54) is 37.7 Å². The molecule has 1 aliphatic carbocycles. The molecule has 0 aliphatic heterocycles. The first-order valence-corrected chi connectivity index (χ1v) is 7.61. The monoisotopic (exact) mass is 270 g/mol. The van der Waals surface area contributed by atoms with Gasteiger partial charge in [0.1, 0.15) is 6.26 Å². The second kappa shape index (κ2) is 6.71. The largest absolute Gasteiger partial charge is 0.364 e. The van der Waals surface area contributed by atoms with Gasteiger partial charge in [0.05, 0.1) is 5.69 Å². The topological polar surface area (TPSA) is 38.1 Å². The Bertz CT molecular complexity index is 489. The Morgan fingerprint density at radius 1 is 1.10 bits per heavy atom. The van der Waals surface area contributed by atoms with E-state index in [2.05, 4.69) is 40.8 Å². The Hall–Kier alpha value is -1.61. The van der Waals surface area contributed by atoms with Crippen LogP contribution in [-0.2, 0) is 6.54 Å². The number of nitrogens with zero attached hydrogens (tertiary/aromatic N) is 1. The van der Waals surface area contributed by atoms with E-state index in [1.54, 1.807) is 6.26 Å². The van der Waals surface area contributed by atoms with Gasteiger partial charge >= 0.3 is 0 Å². The molecule has 3 nitrogen and oxygen atoms in total. The Morgan fingerprint density at radius 2 is 1.90 bits per heavy atom. The molecule has 1 saturated carbocycles. The van der Waals surface area contributed by atoms with Gasteiger partial charge in [-0.1, -0.05) is 54.8 Å². The molecule has 0 saturated heterocycles. The van der Waals surface area contributed by atoms with Crippen molar-refractivity contribution in [2.45, 2.75) is 44.7 Å². The molecule has 106 valence electrons. The maximum Gasteiger partial charge on any atom is 0.124 e. The average Bonchev–Trinajstić information content (AvgIpc) is 3.03. The number of nitrogens with one attached hydrogen (secondary N) is 1. The van der Waals surface area contributed by atoms with Crippen LogP contribution < -0.4 is 5.32 Å². The van der Waals surface area contributed by atoms with Crippen molar-refractivity contribution >= 4 is 0 Å². The first-order chi connectivity index (χ1) is 9.93. The van der Waals surface area contributed by atoms with Gasteiger partial charge in [-0.3, -0.25) is 0 Å². The predicted octanol–water partition coefficient (Wildman–Crippen LogP) is 4.09. The quantitative estimate of drug-likeness (QED) is 0.889. The standard InChI is InChI=1S/C17H22N2O/c1-3-7-14(8-4-1)17(15-9-5-2-6-10-15)18-13-16-11-12-20-19-16/h1,3-4,7-8,11-12,15,17-18H,2,5-6,9-10,13H2. The fourth-order valence-electron chi connectivity index (χ4n) is 3.23. The maximum atomic E-state index is 4.91. The van der Waals surface area contributed by atoms with E-state index in [4.69, 9.17) is 4.52 Å². The molecule has 0 bridgehead atoms. The zero-order valence-corrected chi connectivity index (χ0v) is 11.8. The lowest BCUT2D eigenvalue weighted by Gasteiger charge is -2.31. The molecule has 3 heteroatoms. The van der Waals surface area contributed by atoms with Gasteiger partial charge in [0.15, 0.2) is 0 Å². The molecule has 1 atom stereocenters. The number of aromatic nitrogens is 1. The summed E-state index contributed by atoms with van der Waals surface area (Å²) in [6.07, 6.45) is 8.40. The van der Waals surface area contributed by atoms with Crippen LogP contribution in [0.15, 0.2) is 47.2 Å². The van der Waals surface area contributed by atoms with Gasteiger partial charge < -0.3 is 9.84 Å². The molecule has 1 aromatic carbocycles. The van der Waals surface area contributed by atoms with Gasteiger partial charge in [0, 0.05) is 18.7 Å². The van der Waals surface area contributed by atoms with Gasteiger partial charge in [-0.05, 0) is 24.3 Å². The van der Waals surface area contributed by atoms with Crippen molar-refractivity contribution < 1.29 is 4.52 Å². The lowest BCUT2D eigenvalue weighted by molar-refractivity contribution is 0.268. The molecular weight excluding hydrogens is 248 g/mol. The normalized spacial score (nSPS) is 18.0. The summed E-state index contributed by atoms with van der Waals surface area (Å²) < 4.78 is 4.91. The van der Waals surface area contributed by atoms with Crippen molar-refractivity contribution in [2.24, 2.45) is 5.92 Å². The highest BCUT2D eigenvalue weighted by atomic mass is 16.5. The van der Waals surface area contributed by atoms with Crippen molar-refractivity contribution in [3.8, 4) is 0 Å². The third-order valence-electron chi connectivity index (χ3n) is 4.27. The molecular formula is C17H22N2O. The summed E-state index contributed by atoms with van der Waals surface area (Å²) in [5, 5.41) is 7.68. The molecule has 1 aliphatic rings. The minimum absolute atomic E-state index is 0.424.